The summed E-state index contributed by atoms with van der Waals surface area (Å²) in [4.78, 5) is 25.2. The summed E-state index contributed by atoms with van der Waals surface area (Å²) in [6, 6.07) is 13.9. The minimum absolute atomic E-state index is 0.0984. The van der Waals surface area contributed by atoms with Gasteiger partial charge in [-0.2, -0.15) is 5.10 Å². The fourth-order valence-corrected chi connectivity index (χ4v) is 3.96. The average Bonchev–Trinajstić information content (AvgIpc) is 3.33. The summed E-state index contributed by atoms with van der Waals surface area (Å²) < 4.78 is 1.87. The number of carbonyl (C=O) groups is 2. The lowest BCUT2D eigenvalue weighted by Gasteiger charge is -2.11. The number of carbonyl (C=O) groups excluding carboxylic acids is 2. The number of hydrogen-bond acceptors (Lipinski definition) is 3. The van der Waals surface area contributed by atoms with Crippen molar-refractivity contribution in [2.24, 2.45) is 0 Å². The number of para-hydroxylation sites is 1. The second kappa shape index (κ2) is 8.14. The standard InChI is InChI=1S/C24H26N4O2/c1-15-10-12-18(13-11-15)28-20-9-5-8-19(20)23(27-28)24(30)25-14-21(29)26-22-16(2)6-4-7-17(22)3/h4,6-7,10-13H,5,8-9,14H2,1-3H3,(H,25,30)(H,26,29). The highest BCUT2D eigenvalue weighted by molar-refractivity contribution is 5.99. The minimum Gasteiger partial charge on any atom is -0.342 e. The van der Waals surface area contributed by atoms with Crippen molar-refractivity contribution in [2.75, 3.05) is 11.9 Å². The van der Waals surface area contributed by atoms with Gasteiger partial charge in [-0.25, -0.2) is 4.68 Å². The van der Waals surface area contributed by atoms with Crippen LogP contribution in [0.25, 0.3) is 5.69 Å². The lowest BCUT2D eigenvalue weighted by molar-refractivity contribution is -0.115. The number of fused-ring (bicyclic) bond motifs is 1. The van der Waals surface area contributed by atoms with Crippen LogP contribution in [0.3, 0.4) is 0 Å². The lowest BCUT2D eigenvalue weighted by Crippen LogP contribution is -2.33. The van der Waals surface area contributed by atoms with Crippen molar-refractivity contribution in [3.63, 3.8) is 0 Å². The SMILES string of the molecule is Cc1ccc(-n2nc(C(=O)NCC(=O)Nc3c(C)cccc3C)c3c2CCC3)cc1. The van der Waals surface area contributed by atoms with Gasteiger partial charge in [0.05, 0.1) is 12.2 Å². The van der Waals surface area contributed by atoms with Crippen LogP contribution >= 0.6 is 0 Å². The van der Waals surface area contributed by atoms with Gasteiger partial charge in [-0.15, -0.1) is 0 Å². The molecule has 2 N–H and O–H groups in total. The van der Waals surface area contributed by atoms with E-state index in [1.54, 1.807) is 0 Å². The quantitative estimate of drug-likeness (QED) is 0.684. The van der Waals surface area contributed by atoms with E-state index in [9.17, 15) is 9.59 Å². The van der Waals surface area contributed by atoms with E-state index in [0.29, 0.717) is 5.69 Å². The molecule has 2 aromatic carbocycles. The Kier molecular flexibility index (Phi) is 5.40. The fraction of sp³-hybridized carbons (Fsp3) is 0.292. The number of hydrogen-bond donors (Lipinski definition) is 2. The van der Waals surface area contributed by atoms with Crippen LogP contribution < -0.4 is 10.6 Å². The third kappa shape index (κ3) is 3.85. The molecule has 4 rings (SSSR count). The number of anilines is 1. The van der Waals surface area contributed by atoms with E-state index < -0.39 is 0 Å². The Balaban J connectivity index is 1.48. The first-order chi connectivity index (χ1) is 14.4. The number of benzene rings is 2. The lowest BCUT2D eigenvalue weighted by atomic mass is 10.1. The summed E-state index contributed by atoms with van der Waals surface area (Å²) in [6.45, 7) is 5.84. The molecule has 1 heterocycles. The third-order valence-corrected chi connectivity index (χ3v) is 5.58. The molecule has 1 aliphatic rings. The van der Waals surface area contributed by atoms with Gasteiger partial charge in [-0.3, -0.25) is 9.59 Å². The topological polar surface area (TPSA) is 76.0 Å². The van der Waals surface area contributed by atoms with Crippen molar-refractivity contribution in [2.45, 2.75) is 40.0 Å². The van der Waals surface area contributed by atoms with Crippen molar-refractivity contribution in [1.82, 2.24) is 15.1 Å². The van der Waals surface area contributed by atoms with Gasteiger partial charge in [0, 0.05) is 16.9 Å². The highest BCUT2D eigenvalue weighted by atomic mass is 16.2. The van der Waals surface area contributed by atoms with E-state index >= 15 is 0 Å². The summed E-state index contributed by atoms with van der Waals surface area (Å²) in [5.74, 6) is -0.564. The van der Waals surface area contributed by atoms with Crippen LogP contribution in [0.15, 0.2) is 42.5 Å². The van der Waals surface area contributed by atoms with E-state index in [1.807, 2.05) is 67.9 Å². The molecule has 2 amide bonds. The van der Waals surface area contributed by atoms with Gasteiger partial charge in [-0.1, -0.05) is 35.9 Å². The Labute approximate surface area is 176 Å². The molecule has 154 valence electrons. The molecule has 6 heteroatoms. The van der Waals surface area contributed by atoms with E-state index in [4.69, 9.17) is 0 Å². The number of nitrogens with one attached hydrogen (secondary N) is 2. The van der Waals surface area contributed by atoms with Gasteiger partial charge >= 0.3 is 0 Å². The van der Waals surface area contributed by atoms with E-state index in [-0.39, 0.29) is 18.4 Å². The molecule has 0 spiro atoms. The molecule has 0 fully saturated rings. The molecule has 0 unspecified atom stereocenters. The molecular weight excluding hydrogens is 376 g/mol. The second-order valence-corrected chi connectivity index (χ2v) is 7.87. The van der Waals surface area contributed by atoms with Gasteiger partial charge < -0.3 is 10.6 Å². The highest BCUT2D eigenvalue weighted by Crippen LogP contribution is 2.28. The summed E-state index contributed by atoms with van der Waals surface area (Å²) in [5.41, 5.74) is 7.39. The Hall–Kier alpha value is -3.41. The molecule has 6 nitrogen and oxygen atoms in total. The number of rotatable bonds is 5. The Morgan fingerprint density at radius 2 is 1.70 bits per heavy atom. The Morgan fingerprint density at radius 3 is 2.40 bits per heavy atom. The first-order valence-electron chi connectivity index (χ1n) is 10.3. The van der Waals surface area contributed by atoms with Crippen LogP contribution in [0.4, 0.5) is 5.69 Å². The summed E-state index contributed by atoms with van der Waals surface area (Å²) in [7, 11) is 0. The molecule has 0 saturated heterocycles. The number of aromatic nitrogens is 2. The Morgan fingerprint density at radius 1 is 1.00 bits per heavy atom. The van der Waals surface area contributed by atoms with E-state index in [0.717, 1.165) is 53.0 Å². The van der Waals surface area contributed by atoms with Crippen molar-refractivity contribution < 1.29 is 9.59 Å². The molecule has 0 bridgehead atoms. The fourth-order valence-electron chi connectivity index (χ4n) is 3.96. The van der Waals surface area contributed by atoms with Gasteiger partial charge in [0.1, 0.15) is 0 Å². The largest absolute Gasteiger partial charge is 0.342 e. The normalized spacial score (nSPS) is 12.5. The van der Waals surface area contributed by atoms with Crippen molar-refractivity contribution >= 4 is 17.5 Å². The molecule has 0 aliphatic heterocycles. The van der Waals surface area contributed by atoms with E-state index in [2.05, 4.69) is 15.7 Å². The summed E-state index contributed by atoms with van der Waals surface area (Å²) in [6.07, 6.45) is 2.74. The monoisotopic (exact) mass is 402 g/mol. The Bertz CT molecular complexity index is 1090. The number of nitrogens with zero attached hydrogens (tertiary/aromatic N) is 2. The number of aryl methyl sites for hydroxylation is 3. The van der Waals surface area contributed by atoms with Gasteiger partial charge in [0.25, 0.3) is 5.91 Å². The molecule has 0 atom stereocenters. The average molecular weight is 402 g/mol. The maximum absolute atomic E-state index is 12.8. The molecule has 30 heavy (non-hydrogen) atoms. The smallest absolute Gasteiger partial charge is 0.272 e. The minimum atomic E-state index is -0.310. The zero-order valence-corrected chi connectivity index (χ0v) is 17.6. The zero-order chi connectivity index (χ0) is 21.3. The van der Waals surface area contributed by atoms with Crippen LogP contribution in [0, 0.1) is 20.8 Å². The van der Waals surface area contributed by atoms with Gasteiger partial charge in [0.2, 0.25) is 5.91 Å². The predicted octanol–water partition coefficient (Wildman–Crippen LogP) is 3.65. The van der Waals surface area contributed by atoms with Crippen LogP contribution in [-0.2, 0) is 17.6 Å². The second-order valence-electron chi connectivity index (χ2n) is 7.87. The molecule has 1 aliphatic carbocycles. The number of amides is 2. The molecular formula is C24H26N4O2. The van der Waals surface area contributed by atoms with Crippen LogP contribution in [0.2, 0.25) is 0 Å². The first kappa shape index (κ1) is 19.9. The third-order valence-electron chi connectivity index (χ3n) is 5.58. The van der Waals surface area contributed by atoms with Gasteiger partial charge in [0.15, 0.2) is 5.69 Å². The molecule has 0 radical (unpaired) electrons. The van der Waals surface area contributed by atoms with Crippen molar-refractivity contribution in [3.8, 4) is 5.69 Å². The maximum Gasteiger partial charge on any atom is 0.272 e. The maximum atomic E-state index is 12.8. The van der Waals surface area contributed by atoms with Gasteiger partial charge in [-0.05, 0) is 63.3 Å². The molecule has 0 saturated carbocycles. The zero-order valence-electron chi connectivity index (χ0n) is 17.6. The highest BCUT2D eigenvalue weighted by Gasteiger charge is 2.27. The molecule has 1 aromatic heterocycles. The first-order valence-corrected chi connectivity index (χ1v) is 10.3. The van der Waals surface area contributed by atoms with E-state index in [1.165, 1.54) is 5.56 Å². The van der Waals surface area contributed by atoms with Crippen molar-refractivity contribution in [3.05, 3.63) is 76.1 Å². The summed E-state index contributed by atoms with van der Waals surface area (Å²) >= 11 is 0. The summed E-state index contributed by atoms with van der Waals surface area (Å²) in [5, 5.41) is 10.2. The molecule has 3 aromatic rings. The van der Waals surface area contributed by atoms with Crippen molar-refractivity contribution in [1.29, 1.82) is 0 Å². The van der Waals surface area contributed by atoms with Crippen LogP contribution in [0.5, 0.6) is 0 Å². The predicted molar refractivity (Wildman–Crippen MR) is 117 cm³/mol. The van der Waals surface area contributed by atoms with Crippen LogP contribution in [-0.4, -0.2) is 28.1 Å². The van der Waals surface area contributed by atoms with Crippen LogP contribution in [0.1, 0.15) is 44.9 Å².